The van der Waals surface area contributed by atoms with E-state index in [9.17, 15) is 4.79 Å². The van der Waals surface area contributed by atoms with Crippen LogP contribution in [-0.2, 0) is 9.53 Å². The third-order valence-corrected chi connectivity index (χ3v) is 3.65. The Kier molecular flexibility index (Phi) is 3.61. The van der Waals surface area contributed by atoms with Gasteiger partial charge in [0.2, 0.25) is 0 Å². The van der Waals surface area contributed by atoms with Gasteiger partial charge in [-0.05, 0) is 32.9 Å². The van der Waals surface area contributed by atoms with Crippen molar-refractivity contribution in [2.24, 2.45) is 0 Å². The molecule has 0 radical (unpaired) electrons. The van der Waals surface area contributed by atoms with Crippen molar-refractivity contribution in [2.45, 2.75) is 30.4 Å². The fraction of sp³-hybridized carbons (Fsp3) is 0.385. The molecular weight excluding hydrogens is 248 g/mol. The molecule has 0 fully saturated rings. The summed E-state index contributed by atoms with van der Waals surface area (Å²) in [6.45, 7) is 5.93. The predicted molar refractivity (Wildman–Crippen MR) is 72.7 cm³/mol. The minimum atomic E-state index is -0.609. The highest BCUT2D eigenvalue weighted by Crippen LogP contribution is 2.34. The third-order valence-electron chi connectivity index (χ3n) is 2.52. The van der Waals surface area contributed by atoms with Crippen molar-refractivity contribution in [2.75, 3.05) is 6.61 Å². The van der Waals surface area contributed by atoms with Crippen LogP contribution in [0.2, 0.25) is 0 Å². The molecule has 5 heteroatoms. The molecule has 0 aliphatic carbocycles. The summed E-state index contributed by atoms with van der Waals surface area (Å²) in [5, 5.41) is 1.04. The molecule has 2 rings (SSSR count). The van der Waals surface area contributed by atoms with Gasteiger partial charge in [0.05, 0.1) is 6.61 Å². The molecule has 0 unspecified atom stereocenters. The van der Waals surface area contributed by atoms with Gasteiger partial charge in [0, 0.05) is 22.7 Å². The highest BCUT2D eigenvalue weighted by molar-refractivity contribution is 8.01. The van der Waals surface area contributed by atoms with Crippen LogP contribution in [0.15, 0.2) is 29.4 Å². The lowest BCUT2D eigenvalue weighted by molar-refractivity contribution is -0.145. The maximum atomic E-state index is 11.8. The van der Waals surface area contributed by atoms with Gasteiger partial charge in [0.25, 0.3) is 0 Å². The standard InChI is InChI=1S/C13H16N2O2S/c1-4-17-12(16)13(2,3)18-10-7-9-5-6-14-11(9)15-8-10/h5-8H,4H2,1-3H3,(H,14,15). The van der Waals surface area contributed by atoms with Gasteiger partial charge < -0.3 is 9.72 Å². The van der Waals surface area contributed by atoms with Gasteiger partial charge in [-0.3, -0.25) is 4.79 Å². The Morgan fingerprint density at radius 3 is 3.06 bits per heavy atom. The third kappa shape index (κ3) is 2.67. The van der Waals surface area contributed by atoms with Crippen LogP contribution in [0.1, 0.15) is 20.8 Å². The molecule has 2 aromatic heterocycles. The molecule has 0 aromatic carbocycles. The van der Waals surface area contributed by atoms with Gasteiger partial charge >= 0.3 is 5.97 Å². The second kappa shape index (κ2) is 5.02. The molecule has 0 aliphatic rings. The summed E-state index contributed by atoms with van der Waals surface area (Å²) in [5.41, 5.74) is 0.855. The molecule has 0 aliphatic heterocycles. The van der Waals surface area contributed by atoms with E-state index < -0.39 is 4.75 Å². The Balaban J connectivity index is 2.19. The first-order valence-corrected chi connectivity index (χ1v) is 6.64. The van der Waals surface area contributed by atoms with Crippen molar-refractivity contribution in [1.82, 2.24) is 9.97 Å². The topological polar surface area (TPSA) is 55.0 Å². The number of hydrogen-bond donors (Lipinski definition) is 1. The number of ether oxygens (including phenoxy) is 1. The van der Waals surface area contributed by atoms with E-state index in [2.05, 4.69) is 9.97 Å². The summed E-state index contributed by atoms with van der Waals surface area (Å²) in [4.78, 5) is 20.1. The number of thioether (sulfide) groups is 1. The summed E-state index contributed by atoms with van der Waals surface area (Å²) in [6.07, 6.45) is 3.62. The van der Waals surface area contributed by atoms with Crippen molar-refractivity contribution in [1.29, 1.82) is 0 Å². The largest absolute Gasteiger partial charge is 0.465 e. The molecule has 0 spiro atoms. The number of aromatic amines is 1. The number of rotatable bonds is 4. The normalized spacial score (nSPS) is 11.7. The molecule has 18 heavy (non-hydrogen) atoms. The highest BCUT2D eigenvalue weighted by Gasteiger charge is 2.30. The molecule has 2 heterocycles. The Morgan fingerprint density at radius 2 is 2.33 bits per heavy atom. The fourth-order valence-electron chi connectivity index (χ4n) is 1.62. The van der Waals surface area contributed by atoms with E-state index in [1.807, 2.05) is 39.1 Å². The quantitative estimate of drug-likeness (QED) is 0.681. The van der Waals surface area contributed by atoms with Crippen LogP contribution in [0.4, 0.5) is 0 Å². The Bertz CT molecular complexity index is 563. The van der Waals surface area contributed by atoms with Crippen LogP contribution in [-0.4, -0.2) is 27.3 Å². The SMILES string of the molecule is CCOC(=O)C(C)(C)Sc1cnc2[nH]ccc2c1. The van der Waals surface area contributed by atoms with Gasteiger partial charge in [-0.2, -0.15) is 0 Å². The Morgan fingerprint density at radius 1 is 1.56 bits per heavy atom. The van der Waals surface area contributed by atoms with Gasteiger partial charge in [0.15, 0.2) is 0 Å². The predicted octanol–water partition coefficient (Wildman–Crippen LogP) is 3.00. The van der Waals surface area contributed by atoms with Crippen molar-refractivity contribution in [3.8, 4) is 0 Å². The van der Waals surface area contributed by atoms with Gasteiger partial charge in [-0.15, -0.1) is 11.8 Å². The first-order chi connectivity index (χ1) is 8.53. The van der Waals surface area contributed by atoms with Crippen molar-refractivity contribution in [3.63, 3.8) is 0 Å². The minimum Gasteiger partial charge on any atom is -0.465 e. The number of aromatic nitrogens is 2. The summed E-state index contributed by atoms with van der Waals surface area (Å²) >= 11 is 1.46. The van der Waals surface area contributed by atoms with E-state index in [0.29, 0.717) is 6.61 Å². The molecule has 0 saturated heterocycles. The Hall–Kier alpha value is -1.49. The molecule has 0 saturated carbocycles. The molecule has 1 N–H and O–H groups in total. The summed E-state index contributed by atoms with van der Waals surface area (Å²) in [7, 11) is 0. The van der Waals surface area contributed by atoms with Crippen LogP contribution >= 0.6 is 11.8 Å². The number of nitrogens with zero attached hydrogens (tertiary/aromatic N) is 1. The number of esters is 1. The fourth-order valence-corrected chi connectivity index (χ4v) is 2.64. The molecule has 4 nitrogen and oxygen atoms in total. The maximum absolute atomic E-state index is 11.8. The lowest BCUT2D eigenvalue weighted by atomic mass is 10.2. The minimum absolute atomic E-state index is 0.204. The van der Waals surface area contributed by atoms with E-state index in [1.54, 1.807) is 6.20 Å². The van der Waals surface area contributed by atoms with Crippen LogP contribution in [0, 0.1) is 0 Å². The average molecular weight is 264 g/mol. The van der Waals surface area contributed by atoms with Crippen molar-refractivity contribution < 1.29 is 9.53 Å². The molecule has 0 atom stereocenters. The van der Waals surface area contributed by atoms with Gasteiger partial charge in [-0.25, -0.2) is 4.98 Å². The maximum Gasteiger partial charge on any atom is 0.321 e. The van der Waals surface area contributed by atoms with E-state index in [0.717, 1.165) is 15.9 Å². The smallest absolute Gasteiger partial charge is 0.321 e. The monoisotopic (exact) mass is 264 g/mol. The second-order valence-corrected chi connectivity index (χ2v) is 6.12. The second-order valence-electron chi connectivity index (χ2n) is 4.42. The van der Waals surface area contributed by atoms with Crippen LogP contribution < -0.4 is 0 Å². The van der Waals surface area contributed by atoms with Crippen molar-refractivity contribution >= 4 is 28.8 Å². The van der Waals surface area contributed by atoms with Crippen molar-refractivity contribution in [3.05, 3.63) is 24.5 Å². The van der Waals surface area contributed by atoms with Crippen LogP contribution in [0.25, 0.3) is 11.0 Å². The van der Waals surface area contributed by atoms with Gasteiger partial charge in [0.1, 0.15) is 10.4 Å². The molecular formula is C13H16N2O2S. The number of nitrogens with one attached hydrogen (secondary N) is 1. The molecule has 0 amide bonds. The average Bonchev–Trinajstić information content (AvgIpc) is 2.76. The number of pyridine rings is 1. The van der Waals surface area contributed by atoms with E-state index >= 15 is 0 Å². The highest BCUT2D eigenvalue weighted by atomic mass is 32.2. The molecule has 2 aromatic rings. The number of carbonyl (C=O) groups excluding carboxylic acids is 1. The summed E-state index contributed by atoms with van der Waals surface area (Å²) in [6, 6.07) is 3.98. The van der Waals surface area contributed by atoms with Crippen LogP contribution in [0.3, 0.4) is 0 Å². The van der Waals surface area contributed by atoms with E-state index in [-0.39, 0.29) is 5.97 Å². The lowest BCUT2D eigenvalue weighted by Crippen LogP contribution is -2.29. The van der Waals surface area contributed by atoms with Crippen LogP contribution in [0.5, 0.6) is 0 Å². The zero-order chi connectivity index (χ0) is 13.2. The molecule has 96 valence electrons. The number of carbonyl (C=O) groups is 1. The first-order valence-electron chi connectivity index (χ1n) is 5.82. The lowest BCUT2D eigenvalue weighted by Gasteiger charge is -2.21. The number of fused-ring (bicyclic) bond motifs is 1. The zero-order valence-electron chi connectivity index (χ0n) is 10.7. The zero-order valence-corrected chi connectivity index (χ0v) is 11.5. The molecule has 0 bridgehead atoms. The van der Waals surface area contributed by atoms with E-state index in [4.69, 9.17) is 4.74 Å². The first kappa shape index (κ1) is 13.0. The number of H-pyrrole nitrogens is 1. The summed E-state index contributed by atoms with van der Waals surface area (Å²) < 4.78 is 4.46. The summed E-state index contributed by atoms with van der Waals surface area (Å²) in [5.74, 6) is -0.204. The van der Waals surface area contributed by atoms with E-state index in [1.165, 1.54) is 11.8 Å². The Labute approximate surface area is 110 Å². The number of hydrogen-bond acceptors (Lipinski definition) is 4. The van der Waals surface area contributed by atoms with Gasteiger partial charge in [-0.1, -0.05) is 0 Å².